The SMILES string of the molecule is CCCc1ccc(S(=O)(=O)Nc2ccc(N3CCNCC3)c(C(=O)NCC3CCCO3)c2)cc1. The molecule has 2 heterocycles. The van der Waals surface area contributed by atoms with Crippen LogP contribution in [0.15, 0.2) is 47.4 Å². The molecular weight excluding hydrogens is 452 g/mol. The molecular formula is C25H34N4O4S. The average molecular weight is 487 g/mol. The Balaban J connectivity index is 1.55. The van der Waals surface area contributed by atoms with Crippen LogP contribution in [0.5, 0.6) is 0 Å². The number of sulfonamides is 1. The minimum Gasteiger partial charge on any atom is -0.376 e. The van der Waals surface area contributed by atoms with E-state index in [0.29, 0.717) is 17.8 Å². The fourth-order valence-corrected chi connectivity index (χ4v) is 5.46. The van der Waals surface area contributed by atoms with Gasteiger partial charge in [-0.05, 0) is 55.2 Å². The van der Waals surface area contributed by atoms with Gasteiger partial charge in [-0.15, -0.1) is 0 Å². The molecule has 1 amide bonds. The molecule has 0 aliphatic carbocycles. The van der Waals surface area contributed by atoms with Crippen molar-refractivity contribution in [3.8, 4) is 0 Å². The monoisotopic (exact) mass is 486 g/mol. The number of carbonyl (C=O) groups excluding carboxylic acids is 1. The highest BCUT2D eigenvalue weighted by atomic mass is 32.2. The zero-order chi connectivity index (χ0) is 24.0. The lowest BCUT2D eigenvalue weighted by molar-refractivity contribution is 0.0858. The van der Waals surface area contributed by atoms with Crippen molar-refractivity contribution >= 4 is 27.3 Å². The van der Waals surface area contributed by atoms with Crippen LogP contribution in [0.3, 0.4) is 0 Å². The second-order valence-corrected chi connectivity index (χ2v) is 10.5. The average Bonchev–Trinajstić information content (AvgIpc) is 3.37. The summed E-state index contributed by atoms with van der Waals surface area (Å²) >= 11 is 0. The minimum atomic E-state index is -3.78. The quantitative estimate of drug-likeness (QED) is 0.504. The number of carbonyl (C=O) groups is 1. The molecule has 184 valence electrons. The number of nitrogens with zero attached hydrogens (tertiary/aromatic N) is 1. The molecule has 2 saturated heterocycles. The number of ether oxygens (including phenoxy) is 1. The largest absolute Gasteiger partial charge is 0.376 e. The van der Waals surface area contributed by atoms with Crippen molar-refractivity contribution in [3.05, 3.63) is 53.6 Å². The third-order valence-corrected chi connectivity index (χ3v) is 7.63. The summed E-state index contributed by atoms with van der Waals surface area (Å²) < 4.78 is 34.3. The number of rotatable bonds is 9. The molecule has 2 fully saturated rings. The lowest BCUT2D eigenvalue weighted by atomic mass is 10.1. The van der Waals surface area contributed by atoms with Crippen LogP contribution in [0.1, 0.15) is 42.1 Å². The Bertz CT molecular complexity index is 1080. The van der Waals surface area contributed by atoms with Gasteiger partial charge in [0.2, 0.25) is 0 Å². The zero-order valence-corrected chi connectivity index (χ0v) is 20.5. The maximum atomic E-state index is 13.2. The number of anilines is 2. The molecule has 1 unspecified atom stereocenters. The zero-order valence-electron chi connectivity index (χ0n) is 19.7. The Morgan fingerprint density at radius 3 is 2.59 bits per heavy atom. The molecule has 2 aromatic carbocycles. The van der Waals surface area contributed by atoms with Gasteiger partial charge in [0, 0.05) is 50.7 Å². The molecule has 8 nitrogen and oxygen atoms in total. The molecule has 9 heteroatoms. The van der Waals surface area contributed by atoms with Crippen molar-refractivity contribution in [1.82, 2.24) is 10.6 Å². The third kappa shape index (κ3) is 6.08. The van der Waals surface area contributed by atoms with E-state index in [4.69, 9.17) is 4.74 Å². The molecule has 2 aliphatic heterocycles. The maximum Gasteiger partial charge on any atom is 0.261 e. The number of nitrogens with one attached hydrogen (secondary N) is 3. The molecule has 0 bridgehead atoms. The van der Waals surface area contributed by atoms with Crippen LogP contribution < -0.4 is 20.3 Å². The van der Waals surface area contributed by atoms with Gasteiger partial charge in [-0.3, -0.25) is 9.52 Å². The summed E-state index contributed by atoms with van der Waals surface area (Å²) in [7, 11) is -3.78. The Morgan fingerprint density at radius 2 is 1.91 bits per heavy atom. The first kappa shape index (κ1) is 24.5. The molecule has 34 heavy (non-hydrogen) atoms. The van der Waals surface area contributed by atoms with E-state index in [9.17, 15) is 13.2 Å². The van der Waals surface area contributed by atoms with Crippen molar-refractivity contribution in [2.24, 2.45) is 0 Å². The predicted molar refractivity (Wildman–Crippen MR) is 134 cm³/mol. The van der Waals surface area contributed by atoms with E-state index < -0.39 is 10.0 Å². The highest BCUT2D eigenvalue weighted by Gasteiger charge is 2.23. The van der Waals surface area contributed by atoms with Crippen molar-refractivity contribution in [2.45, 2.75) is 43.6 Å². The van der Waals surface area contributed by atoms with Crippen molar-refractivity contribution in [2.75, 3.05) is 49.0 Å². The molecule has 0 aromatic heterocycles. The van der Waals surface area contributed by atoms with E-state index >= 15 is 0 Å². The highest BCUT2D eigenvalue weighted by Crippen LogP contribution is 2.27. The van der Waals surface area contributed by atoms with E-state index in [0.717, 1.165) is 69.7 Å². The number of benzene rings is 2. The Labute approximate surface area is 202 Å². The van der Waals surface area contributed by atoms with Gasteiger partial charge < -0.3 is 20.3 Å². The summed E-state index contributed by atoms with van der Waals surface area (Å²) in [6.07, 6.45) is 3.88. The van der Waals surface area contributed by atoms with Gasteiger partial charge in [0.1, 0.15) is 0 Å². The van der Waals surface area contributed by atoms with Crippen LogP contribution in [0.25, 0.3) is 0 Å². The van der Waals surface area contributed by atoms with Gasteiger partial charge in [0.15, 0.2) is 0 Å². The minimum absolute atomic E-state index is 0.0314. The topological polar surface area (TPSA) is 99.8 Å². The van der Waals surface area contributed by atoms with Crippen molar-refractivity contribution < 1.29 is 17.9 Å². The molecule has 4 rings (SSSR count). The van der Waals surface area contributed by atoms with Crippen LogP contribution in [-0.4, -0.2) is 59.8 Å². The van der Waals surface area contributed by atoms with Crippen molar-refractivity contribution in [1.29, 1.82) is 0 Å². The fourth-order valence-electron chi connectivity index (χ4n) is 4.41. The Morgan fingerprint density at radius 1 is 1.15 bits per heavy atom. The van der Waals surface area contributed by atoms with Gasteiger partial charge >= 0.3 is 0 Å². The predicted octanol–water partition coefficient (Wildman–Crippen LogP) is 2.76. The van der Waals surface area contributed by atoms with E-state index in [1.807, 2.05) is 18.2 Å². The van der Waals surface area contributed by atoms with Crippen LogP contribution >= 0.6 is 0 Å². The Hall–Kier alpha value is -2.62. The normalized spacial score (nSPS) is 18.6. The first-order valence-electron chi connectivity index (χ1n) is 12.1. The van der Waals surface area contributed by atoms with E-state index in [1.54, 1.807) is 24.3 Å². The molecule has 0 radical (unpaired) electrons. The summed E-state index contributed by atoms with van der Waals surface area (Å²) in [5, 5.41) is 6.29. The lowest BCUT2D eigenvalue weighted by Crippen LogP contribution is -2.44. The molecule has 3 N–H and O–H groups in total. The number of amides is 1. The second-order valence-electron chi connectivity index (χ2n) is 8.81. The number of aryl methyl sites for hydroxylation is 1. The van der Waals surface area contributed by atoms with Gasteiger partial charge in [0.25, 0.3) is 15.9 Å². The highest BCUT2D eigenvalue weighted by molar-refractivity contribution is 7.92. The van der Waals surface area contributed by atoms with Gasteiger partial charge in [-0.2, -0.15) is 0 Å². The van der Waals surface area contributed by atoms with Crippen LogP contribution in [-0.2, 0) is 21.2 Å². The van der Waals surface area contributed by atoms with Gasteiger partial charge in [0.05, 0.1) is 16.6 Å². The number of hydrogen-bond acceptors (Lipinski definition) is 6. The first-order chi connectivity index (χ1) is 16.5. The van der Waals surface area contributed by atoms with Gasteiger partial charge in [-0.1, -0.05) is 25.5 Å². The summed E-state index contributed by atoms with van der Waals surface area (Å²) in [5.74, 6) is -0.228. The molecule has 2 aliphatic rings. The molecule has 2 aromatic rings. The third-order valence-electron chi connectivity index (χ3n) is 6.24. The van der Waals surface area contributed by atoms with E-state index in [2.05, 4.69) is 27.2 Å². The maximum absolute atomic E-state index is 13.2. The number of piperazine rings is 1. The molecule has 0 saturated carbocycles. The van der Waals surface area contributed by atoms with Crippen LogP contribution in [0.4, 0.5) is 11.4 Å². The standard InChI is InChI=1S/C25H34N4O4S/c1-2-4-19-6-9-22(10-7-19)34(31,32)28-20-8-11-24(29-14-12-26-13-15-29)23(17-20)25(30)27-18-21-5-3-16-33-21/h6-11,17,21,26,28H,2-5,12-16,18H2,1H3,(H,27,30). The summed E-state index contributed by atoms with van der Waals surface area (Å²) in [6.45, 7) is 6.48. The summed E-state index contributed by atoms with van der Waals surface area (Å²) in [6, 6.07) is 12.1. The lowest BCUT2D eigenvalue weighted by Gasteiger charge is -2.31. The summed E-state index contributed by atoms with van der Waals surface area (Å²) in [4.78, 5) is 15.5. The van der Waals surface area contributed by atoms with E-state index in [-0.39, 0.29) is 16.9 Å². The number of hydrogen-bond donors (Lipinski definition) is 3. The first-order valence-corrected chi connectivity index (χ1v) is 13.6. The Kier molecular flexibility index (Phi) is 8.07. The molecule has 0 spiro atoms. The van der Waals surface area contributed by atoms with Gasteiger partial charge in [-0.25, -0.2) is 8.42 Å². The second kappa shape index (κ2) is 11.2. The fraction of sp³-hybridized carbons (Fsp3) is 0.480. The van der Waals surface area contributed by atoms with Crippen LogP contribution in [0, 0.1) is 0 Å². The molecule has 1 atom stereocenters. The van der Waals surface area contributed by atoms with Crippen LogP contribution in [0.2, 0.25) is 0 Å². The summed E-state index contributed by atoms with van der Waals surface area (Å²) in [5.41, 5.74) is 2.72. The van der Waals surface area contributed by atoms with Crippen molar-refractivity contribution in [3.63, 3.8) is 0 Å². The smallest absolute Gasteiger partial charge is 0.261 e. The van der Waals surface area contributed by atoms with E-state index in [1.165, 1.54) is 0 Å².